The topological polar surface area (TPSA) is 86.9 Å². The van der Waals surface area contributed by atoms with E-state index >= 15 is 0 Å². The highest BCUT2D eigenvalue weighted by Gasteiger charge is 2.28. The van der Waals surface area contributed by atoms with E-state index in [1.54, 1.807) is 21.9 Å². The standard InChI is InChI=1S/C20H23N3O3/c1-14-5-7-15(8-6-14)18(21)20(26)23-11-9-22(10-12-23)19(25)16-3-2-4-17(24)13-16/h2-8,13,18,24H,9-12,21H2,1H3. The number of carbonyl (C=O) groups excluding carboxylic acids is 2. The van der Waals surface area contributed by atoms with Gasteiger partial charge in [-0.1, -0.05) is 35.9 Å². The predicted molar refractivity (Wildman–Crippen MR) is 98.7 cm³/mol. The number of rotatable bonds is 3. The van der Waals surface area contributed by atoms with Crippen LogP contribution >= 0.6 is 0 Å². The Labute approximate surface area is 152 Å². The van der Waals surface area contributed by atoms with Crippen LogP contribution in [0.15, 0.2) is 48.5 Å². The summed E-state index contributed by atoms with van der Waals surface area (Å²) in [4.78, 5) is 28.5. The molecule has 0 spiro atoms. The van der Waals surface area contributed by atoms with Crippen molar-refractivity contribution < 1.29 is 14.7 Å². The van der Waals surface area contributed by atoms with Gasteiger partial charge in [-0.25, -0.2) is 0 Å². The summed E-state index contributed by atoms with van der Waals surface area (Å²) in [6, 6.07) is 13.2. The molecule has 0 saturated carbocycles. The number of benzene rings is 2. The molecule has 3 rings (SSSR count). The van der Waals surface area contributed by atoms with Crippen LogP contribution in [0.25, 0.3) is 0 Å². The van der Waals surface area contributed by atoms with Crippen molar-refractivity contribution in [3.05, 3.63) is 65.2 Å². The highest BCUT2D eigenvalue weighted by molar-refractivity contribution is 5.94. The van der Waals surface area contributed by atoms with Crippen molar-refractivity contribution in [2.45, 2.75) is 13.0 Å². The molecule has 2 aromatic carbocycles. The van der Waals surface area contributed by atoms with Gasteiger partial charge < -0.3 is 20.6 Å². The van der Waals surface area contributed by atoms with E-state index in [1.807, 2.05) is 31.2 Å². The summed E-state index contributed by atoms with van der Waals surface area (Å²) in [6.45, 7) is 3.77. The van der Waals surface area contributed by atoms with E-state index in [-0.39, 0.29) is 17.6 Å². The van der Waals surface area contributed by atoms with Crippen LogP contribution in [0.3, 0.4) is 0 Å². The van der Waals surface area contributed by atoms with Crippen LogP contribution < -0.4 is 5.73 Å². The molecule has 2 amide bonds. The number of carbonyl (C=O) groups is 2. The lowest BCUT2D eigenvalue weighted by Crippen LogP contribution is -2.52. The molecule has 0 bridgehead atoms. The Hall–Kier alpha value is -2.86. The van der Waals surface area contributed by atoms with E-state index in [9.17, 15) is 14.7 Å². The van der Waals surface area contributed by atoms with Crippen LogP contribution in [0.5, 0.6) is 5.75 Å². The molecular weight excluding hydrogens is 330 g/mol. The van der Waals surface area contributed by atoms with E-state index < -0.39 is 6.04 Å². The van der Waals surface area contributed by atoms with Gasteiger partial charge >= 0.3 is 0 Å². The van der Waals surface area contributed by atoms with Gasteiger partial charge in [0.25, 0.3) is 5.91 Å². The lowest BCUT2D eigenvalue weighted by Gasteiger charge is -2.36. The number of hydrogen-bond acceptors (Lipinski definition) is 4. The maximum Gasteiger partial charge on any atom is 0.254 e. The number of aromatic hydroxyl groups is 1. The second kappa shape index (κ2) is 7.58. The molecule has 1 aliphatic rings. The van der Waals surface area contributed by atoms with Crippen molar-refractivity contribution in [1.82, 2.24) is 9.80 Å². The third-order valence-corrected chi connectivity index (χ3v) is 4.67. The number of aryl methyl sites for hydroxylation is 1. The molecule has 26 heavy (non-hydrogen) atoms. The maximum atomic E-state index is 12.6. The summed E-state index contributed by atoms with van der Waals surface area (Å²) in [5, 5.41) is 9.52. The molecule has 136 valence electrons. The quantitative estimate of drug-likeness (QED) is 0.879. The molecule has 1 fully saturated rings. The SMILES string of the molecule is Cc1ccc(C(N)C(=O)N2CCN(C(=O)c3cccc(O)c3)CC2)cc1. The van der Waals surface area contributed by atoms with Crippen LogP contribution in [-0.2, 0) is 4.79 Å². The number of phenols is 1. The summed E-state index contributed by atoms with van der Waals surface area (Å²) < 4.78 is 0. The molecule has 0 radical (unpaired) electrons. The minimum Gasteiger partial charge on any atom is -0.508 e. The van der Waals surface area contributed by atoms with Crippen molar-refractivity contribution >= 4 is 11.8 Å². The molecule has 1 heterocycles. The number of amides is 2. The van der Waals surface area contributed by atoms with Crippen LogP contribution in [0.1, 0.15) is 27.5 Å². The van der Waals surface area contributed by atoms with Gasteiger partial charge in [0.2, 0.25) is 5.91 Å². The normalized spacial score (nSPS) is 15.6. The van der Waals surface area contributed by atoms with Gasteiger partial charge in [0, 0.05) is 31.7 Å². The lowest BCUT2D eigenvalue weighted by atomic mass is 10.0. The van der Waals surface area contributed by atoms with Gasteiger partial charge in [0.1, 0.15) is 11.8 Å². The van der Waals surface area contributed by atoms with Crippen molar-refractivity contribution in [3.63, 3.8) is 0 Å². The summed E-state index contributed by atoms with van der Waals surface area (Å²) in [5.74, 6) is -0.206. The zero-order valence-electron chi connectivity index (χ0n) is 14.8. The fourth-order valence-electron chi connectivity index (χ4n) is 3.06. The molecule has 3 N–H and O–H groups in total. The minimum absolute atomic E-state index is 0.0636. The predicted octanol–water partition coefficient (Wildman–Crippen LogP) is 1.69. The smallest absolute Gasteiger partial charge is 0.254 e. The Morgan fingerprint density at radius 1 is 1.00 bits per heavy atom. The first-order chi connectivity index (χ1) is 12.5. The van der Waals surface area contributed by atoms with Crippen molar-refractivity contribution in [1.29, 1.82) is 0 Å². The fourth-order valence-corrected chi connectivity index (χ4v) is 3.06. The molecular formula is C20H23N3O3. The number of piperazine rings is 1. The molecule has 0 aliphatic carbocycles. The average molecular weight is 353 g/mol. The van der Waals surface area contributed by atoms with Crippen molar-refractivity contribution in [2.24, 2.45) is 5.73 Å². The average Bonchev–Trinajstić information content (AvgIpc) is 2.67. The Morgan fingerprint density at radius 2 is 1.62 bits per heavy atom. The van der Waals surface area contributed by atoms with E-state index in [1.165, 1.54) is 12.1 Å². The molecule has 1 atom stereocenters. The van der Waals surface area contributed by atoms with E-state index in [0.29, 0.717) is 31.7 Å². The van der Waals surface area contributed by atoms with E-state index in [2.05, 4.69) is 0 Å². The summed E-state index contributed by atoms with van der Waals surface area (Å²) >= 11 is 0. The van der Waals surface area contributed by atoms with Gasteiger partial charge in [0.15, 0.2) is 0 Å². The number of nitrogens with two attached hydrogens (primary N) is 1. The molecule has 6 nitrogen and oxygen atoms in total. The molecule has 1 saturated heterocycles. The van der Waals surface area contributed by atoms with Gasteiger partial charge in [-0.05, 0) is 30.7 Å². The monoisotopic (exact) mass is 353 g/mol. The van der Waals surface area contributed by atoms with Crippen LogP contribution in [0.4, 0.5) is 0 Å². The third-order valence-electron chi connectivity index (χ3n) is 4.67. The van der Waals surface area contributed by atoms with Gasteiger partial charge in [-0.3, -0.25) is 9.59 Å². The zero-order chi connectivity index (χ0) is 18.7. The molecule has 1 aliphatic heterocycles. The number of nitrogens with zero attached hydrogens (tertiary/aromatic N) is 2. The Balaban J connectivity index is 1.60. The molecule has 2 aromatic rings. The van der Waals surface area contributed by atoms with Gasteiger partial charge in [-0.2, -0.15) is 0 Å². The van der Waals surface area contributed by atoms with Crippen LogP contribution in [0, 0.1) is 6.92 Å². The Kier molecular flexibility index (Phi) is 5.23. The van der Waals surface area contributed by atoms with Crippen LogP contribution in [0.2, 0.25) is 0 Å². The second-order valence-corrected chi connectivity index (χ2v) is 6.56. The largest absolute Gasteiger partial charge is 0.508 e. The number of phenolic OH excluding ortho intramolecular Hbond substituents is 1. The van der Waals surface area contributed by atoms with Crippen molar-refractivity contribution in [2.75, 3.05) is 26.2 Å². The Bertz CT molecular complexity index is 796. The van der Waals surface area contributed by atoms with E-state index in [4.69, 9.17) is 5.73 Å². The second-order valence-electron chi connectivity index (χ2n) is 6.56. The maximum absolute atomic E-state index is 12.6. The summed E-state index contributed by atoms with van der Waals surface area (Å²) in [5.41, 5.74) is 8.48. The molecule has 1 unspecified atom stereocenters. The highest BCUT2D eigenvalue weighted by Crippen LogP contribution is 2.17. The third kappa shape index (κ3) is 3.86. The first kappa shape index (κ1) is 17.9. The van der Waals surface area contributed by atoms with Crippen LogP contribution in [-0.4, -0.2) is 52.9 Å². The van der Waals surface area contributed by atoms with Crippen molar-refractivity contribution in [3.8, 4) is 5.75 Å². The highest BCUT2D eigenvalue weighted by atomic mass is 16.3. The zero-order valence-corrected chi connectivity index (χ0v) is 14.8. The molecule has 6 heteroatoms. The minimum atomic E-state index is -0.691. The summed E-state index contributed by atoms with van der Waals surface area (Å²) in [6.07, 6.45) is 0. The Morgan fingerprint density at radius 3 is 2.23 bits per heavy atom. The first-order valence-corrected chi connectivity index (χ1v) is 8.65. The lowest BCUT2D eigenvalue weighted by molar-refractivity contribution is -0.134. The first-order valence-electron chi connectivity index (χ1n) is 8.65. The van der Waals surface area contributed by atoms with E-state index in [0.717, 1.165) is 11.1 Å². The fraction of sp³-hybridized carbons (Fsp3) is 0.300. The van der Waals surface area contributed by atoms with Gasteiger partial charge in [-0.15, -0.1) is 0 Å². The summed E-state index contributed by atoms with van der Waals surface area (Å²) in [7, 11) is 0. The molecule has 0 aromatic heterocycles. The number of hydrogen-bond donors (Lipinski definition) is 2. The van der Waals surface area contributed by atoms with Gasteiger partial charge in [0.05, 0.1) is 0 Å².